The highest BCUT2D eigenvalue weighted by Gasteiger charge is 2.27. The van der Waals surface area contributed by atoms with Crippen LogP contribution in [0.2, 0.25) is 5.02 Å². The van der Waals surface area contributed by atoms with Crippen molar-refractivity contribution in [3.05, 3.63) is 34.3 Å². The van der Waals surface area contributed by atoms with Crippen LogP contribution in [0.1, 0.15) is 35.7 Å². The minimum Gasteiger partial charge on any atom is -0.338 e. The maximum atomic E-state index is 12.5. The highest BCUT2D eigenvalue weighted by atomic mass is 35.5. The Kier molecular flexibility index (Phi) is 4.48. The number of amides is 1. The molecule has 3 nitrogen and oxygen atoms in total. The highest BCUT2D eigenvalue weighted by Crippen LogP contribution is 2.25. The Labute approximate surface area is 119 Å². The molecule has 0 spiro atoms. The van der Waals surface area contributed by atoms with Gasteiger partial charge in [-0.05, 0) is 44.2 Å². The third-order valence-electron chi connectivity index (χ3n) is 3.91. The lowest BCUT2D eigenvalue weighted by molar-refractivity contribution is 0.0661. The molecule has 1 aliphatic rings. The van der Waals surface area contributed by atoms with Crippen molar-refractivity contribution in [3.8, 4) is 0 Å². The predicted octanol–water partition coefficient (Wildman–Crippen LogP) is 2.85. The number of carbonyl (C=O) groups is 1. The standard InChI is InChI=1S/C15H21ClN2O/c1-10-5-3-7-13(14(10)16)15(19)18-8-4-6-12(9-18)11(2)17/h3,5,7,11-12H,4,6,8-9,17H2,1-2H3. The van der Waals surface area contributed by atoms with Gasteiger partial charge in [0, 0.05) is 19.1 Å². The van der Waals surface area contributed by atoms with E-state index in [9.17, 15) is 4.79 Å². The Morgan fingerprint density at radius 3 is 2.95 bits per heavy atom. The Balaban J connectivity index is 2.17. The van der Waals surface area contributed by atoms with E-state index in [0.717, 1.165) is 31.5 Å². The van der Waals surface area contributed by atoms with E-state index in [1.807, 2.05) is 30.9 Å². The molecule has 1 aromatic carbocycles. The number of benzene rings is 1. The first kappa shape index (κ1) is 14.4. The van der Waals surface area contributed by atoms with Gasteiger partial charge in [0.2, 0.25) is 0 Å². The quantitative estimate of drug-likeness (QED) is 0.905. The lowest BCUT2D eigenvalue weighted by Gasteiger charge is -2.34. The number of likely N-dealkylation sites (tertiary alicyclic amines) is 1. The summed E-state index contributed by atoms with van der Waals surface area (Å²) >= 11 is 6.23. The number of hydrogen-bond acceptors (Lipinski definition) is 2. The Morgan fingerprint density at radius 1 is 1.53 bits per heavy atom. The van der Waals surface area contributed by atoms with Gasteiger partial charge in [-0.1, -0.05) is 23.7 Å². The molecule has 1 amide bonds. The molecule has 104 valence electrons. The van der Waals surface area contributed by atoms with E-state index in [1.54, 1.807) is 6.07 Å². The van der Waals surface area contributed by atoms with Crippen LogP contribution < -0.4 is 5.73 Å². The van der Waals surface area contributed by atoms with Crippen LogP contribution in [0.3, 0.4) is 0 Å². The van der Waals surface area contributed by atoms with Crippen molar-refractivity contribution in [2.75, 3.05) is 13.1 Å². The molecule has 1 heterocycles. The van der Waals surface area contributed by atoms with Crippen molar-refractivity contribution in [2.45, 2.75) is 32.7 Å². The monoisotopic (exact) mass is 280 g/mol. The molecule has 2 atom stereocenters. The summed E-state index contributed by atoms with van der Waals surface area (Å²) < 4.78 is 0. The maximum Gasteiger partial charge on any atom is 0.255 e. The Hall–Kier alpha value is -1.06. The molecule has 1 aliphatic heterocycles. The van der Waals surface area contributed by atoms with Gasteiger partial charge in [0.05, 0.1) is 10.6 Å². The van der Waals surface area contributed by atoms with E-state index in [0.29, 0.717) is 16.5 Å². The topological polar surface area (TPSA) is 46.3 Å². The molecule has 19 heavy (non-hydrogen) atoms. The highest BCUT2D eigenvalue weighted by molar-refractivity contribution is 6.34. The molecule has 1 fully saturated rings. The van der Waals surface area contributed by atoms with Gasteiger partial charge in [-0.2, -0.15) is 0 Å². The summed E-state index contributed by atoms with van der Waals surface area (Å²) in [6.07, 6.45) is 2.12. The lowest BCUT2D eigenvalue weighted by Crippen LogP contribution is -2.45. The van der Waals surface area contributed by atoms with Gasteiger partial charge in [-0.3, -0.25) is 4.79 Å². The molecule has 2 rings (SSSR count). The van der Waals surface area contributed by atoms with E-state index in [1.165, 1.54) is 0 Å². The fraction of sp³-hybridized carbons (Fsp3) is 0.533. The van der Waals surface area contributed by atoms with Crippen LogP contribution in [0.4, 0.5) is 0 Å². The van der Waals surface area contributed by atoms with E-state index in [4.69, 9.17) is 17.3 Å². The predicted molar refractivity (Wildman–Crippen MR) is 78.5 cm³/mol. The van der Waals surface area contributed by atoms with Crippen molar-refractivity contribution >= 4 is 17.5 Å². The number of piperidine rings is 1. The van der Waals surface area contributed by atoms with Crippen LogP contribution in [-0.4, -0.2) is 29.9 Å². The van der Waals surface area contributed by atoms with Crippen LogP contribution in [0.25, 0.3) is 0 Å². The minimum absolute atomic E-state index is 0.0269. The smallest absolute Gasteiger partial charge is 0.255 e. The number of aryl methyl sites for hydroxylation is 1. The molecule has 2 N–H and O–H groups in total. The summed E-state index contributed by atoms with van der Waals surface area (Å²) in [5.41, 5.74) is 7.50. The van der Waals surface area contributed by atoms with Crippen LogP contribution >= 0.6 is 11.6 Å². The van der Waals surface area contributed by atoms with Crippen molar-refractivity contribution in [2.24, 2.45) is 11.7 Å². The van der Waals surface area contributed by atoms with E-state index < -0.39 is 0 Å². The number of carbonyl (C=O) groups excluding carboxylic acids is 1. The van der Waals surface area contributed by atoms with Crippen molar-refractivity contribution < 1.29 is 4.79 Å². The largest absolute Gasteiger partial charge is 0.338 e. The SMILES string of the molecule is Cc1cccc(C(=O)N2CCCC(C(C)N)C2)c1Cl. The van der Waals surface area contributed by atoms with Gasteiger partial charge in [-0.15, -0.1) is 0 Å². The molecule has 0 bridgehead atoms. The normalized spacial score (nSPS) is 21.3. The number of rotatable bonds is 2. The fourth-order valence-corrected chi connectivity index (χ4v) is 2.81. The lowest BCUT2D eigenvalue weighted by atomic mass is 9.92. The second-order valence-corrected chi connectivity index (χ2v) is 5.83. The number of nitrogens with zero attached hydrogens (tertiary/aromatic N) is 1. The van der Waals surface area contributed by atoms with Gasteiger partial charge in [-0.25, -0.2) is 0 Å². The summed E-state index contributed by atoms with van der Waals surface area (Å²) in [4.78, 5) is 14.4. The number of hydrogen-bond donors (Lipinski definition) is 1. The minimum atomic E-state index is 0.0269. The summed E-state index contributed by atoms with van der Waals surface area (Å²) in [7, 11) is 0. The molecular weight excluding hydrogens is 260 g/mol. The van der Waals surface area contributed by atoms with Crippen LogP contribution in [0.15, 0.2) is 18.2 Å². The summed E-state index contributed by atoms with van der Waals surface area (Å²) in [5, 5.41) is 0.565. The van der Waals surface area contributed by atoms with Crippen LogP contribution in [0.5, 0.6) is 0 Å². The molecular formula is C15H21ClN2O. The van der Waals surface area contributed by atoms with Gasteiger partial charge < -0.3 is 10.6 Å². The second-order valence-electron chi connectivity index (χ2n) is 5.45. The average Bonchev–Trinajstić information content (AvgIpc) is 2.41. The van der Waals surface area contributed by atoms with Crippen molar-refractivity contribution in [1.82, 2.24) is 4.90 Å². The molecule has 2 unspecified atom stereocenters. The number of halogens is 1. The van der Waals surface area contributed by atoms with Crippen molar-refractivity contribution in [1.29, 1.82) is 0 Å². The van der Waals surface area contributed by atoms with Crippen LogP contribution in [-0.2, 0) is 0 Å². The first-order valence-electron chi connectivity index (χ1n) is 6.80. The molecule has 4 heteroatoms. The Morgan fingerprint density at radius 2 is 2.26 bits per heavy atom. The Bertz CT molecular complexity index is 473. The third-order valence-corrected chi connectivity index (χ3v) is 4.41. The zero-order valence-corrected chi connectivity index (χ0v) is 12.3. The first-order valence-corrected chi connectivity index (χ1v) is 7.18. The second kappa shape index (κ2) is 5.93. The number of nitrogens with two attached hydrogens (primary N) is 1. The fourth-order valence-electron chi connectivity index (χ4n) is 2.61. The van der Waals surface area contributed by atoms with Gasteiger partial charge >= 0.3 is 0 Å². The average molecular weight is 281 g/mol. The molecule has 0 saturated carbocycles. The molecule has 1 aromatic rings. The zero-order valence-electron chi connectivity index (χ0n) is 11.5. The molecule has 0 aromatic heterocycles. The molecule has 0 aliphatic carbocycles. The van der Waals surface area contributed by atoms with Gasteiger partial charge in [0.25, 0.3) is 5.91 Å². The van der Waals surface area contributed by atoms with Crippen molar-refractivity contribution in [3.63, 3.8) is 0 Å². The van der Waals surface area contributed by atoms with E-state index in [-0.39, 0.29) is 11.9 Å². The molecule has 0 radical (unpaired) electrons. The zero-order chi connectivity index (χ0) is 14.0. The van der Waals surface area contributed by atoms with E-state index >= 15 is 0 Å². The summed E-state index contributed by atoms with van der Waals surface area (Å²) in [6.45, 7) is 5.46. The first-order chi connectivity index (χ1) is 9.00. The van der Waals surface area contributed by atoms with E-state index in [2.05, 4.69) is 0 Å². The van der Waals surface area contributed by atoms with Gasteiger partial charge in [0.1, 0.15) is 0 Å². The van der Waals surface area contributed by atoms with Crippen LogP contribution in [0, 0.1) is 12.8 Å². The van der Waals surface area contributed by atoms with Gasteiger partial charge in [0.15, 0.2) is 0 Å². The third kappa shape index (κ3) is 3.10. The summed E-state index contributed by atoms with van der Waals surface area (Å²) in [5.74, 6) is 0.417. The molecule has 1 saturated heterocycles. The summed E-state index contributed by atoms with van der Waals surface area (Å²) in [6, 6.07) is 5.72. The maximum absolute atomic E-state index is 12.5.